The molecule has 0 radical (unpaired) electrons. The first kappa shape index (κ1) is 9.95. The first-order valence-electron chi connectivity index (χ1n) is 4.26. The molecule has 1 aromatic carbocycles. The maximum Gasteiger partial charge on any atom is 0.329 e. The maximum atomic E-state index is 11.7. The molecular formula is C9H8ClN3O2. The summed E-state index contributed by atoms with van der Waals surface area (Å²) in [5.74, 6) is 0. The van der Waals surface area contributed by atoms with Crippen LogP contribution in [0.5, 0.6) is 0 Å². The Morgan fingerprint density at radius 1 is 1.40 bits per heavy atom. The molecule has 0 fully saturated rings. The zero-order chi connectivity index (χ0) is 11.0. The Balaban J connectivity index is 3.05. The molecule has 3 N–H and O–H groups in total. The monoisotopic (exact) mass is 225 g/mol. The highest BCUT2D eigenvalue weighted by atomic mass is 35.5. The molecule has 0 aliphatic heterocycles. The fraction of sp³-hybridized carbons (Fsp3) is 0.111. The maximum absolute atomic E-state index is 11.7. The van der Waals surface area contributed by atoms with Gasteiger partial charge in [-0.2, -0.15) is 0 Å². The van der Waals surface area contributed by atoms with Crippen molar-refractivity contribution in [2.45, 2.75) is 6.67 Å². The van der Waals surface area contributed by atoms with Crippen molar-refractivity contribution in [1.29, 1.82) is 0 Å². The van der Waals surface area contributed by atoms with Crippen LogP contribution in [0.25, 0.3) is 10.9 Å². The summed E-state index contributed by atoms with van der Waals surface area (Å²) in [6, 6.07) is 4.84. The van der Waals surface area contributed by atoms with Gasteiger partial charge in [-0.15, -0.1) is 0 Å². The summed E-state index contributed by atoms with van der Waals surface area (Å²) < 4.78 is 0.915. The number of aromatic nitrogens is 2. The summed E-state index contributed by atoms with van der Waals surface area (Å²) in [6.45, 7) is -0.156. The van der Waals surface area contributed by atoms with Crippen molar-refractivity contribution >= 4 is 22.5 Å². The Kier molecular flexibility index (Phi) is 2.34. The number of nitrogens with zero attached hydrogens (tertiary/aromatic N) is 1. The smallest absolute Gasteiger partial charge is 0.313 e. The molecule has 0 saturated carbocycles. The van der Waals surface area contributed by atoms with Crippen LogP contribution in [0.4, 0.5) is 0 Å². The molecule has 2 aromatic rings. The zero-order valence-electron chi connectivity index (χ0n) is 7.66. The summed E-state index contributed by atoms with van der Waals surface area (Å²) in [5, 5.41) is 0.693. The van der Waals surface area contributed by atoms with Gasteiger partial charge in [0.2, 0.25) is 0 Å². The lowest BCUT2D eigenvalue weighted by atomic mass is 10.2. The van der Waals surface area contributed by atoms with E-state index in [1.807, 2.05) is 0 Å². The van der Waals surface area contributed by atoms with Gasteiger partial charge in [-0.1, -0.05) is 17.7 Å². The van der Waals surface area contributed by atoms with Crippen molar-refractivity contribution in [1.82, 2.24) is 9.55 Å². The second kappa shape index (κ2) is 3.52. The van der Waals surface area contributed by atoms with Crippen LogP contribution < -0.4 is 17.0 Å². The number of hydrogen-bond acceptors (Lipinski definition) is 3. The van der Waals surface area contributed by atoms with Gasteiger partial charge >= 0.3 is 5.69 Å². The van der Waals surface area contributed by atoms with E-state index >= 15 is 0 Å². The van der Waals surface area contributed by atoms with Crippen LogP contribution in [0.15, 0.2) is 27.8 Å². The minimum atomic E-state index is -0.553. The van der Waals surface area contributed by atoms with Crippen LogP contribution in [-0.4, -0.2) is 9.55 Å². The molecule has 0 aliphatic rings. The minimum absolute atomic E-state index is 0.156. The van der Waals surface area contributed by atoms with Crippen LogP contribution in [-0.2, 0) is 6.67 Å². The Bertz CT molecular complexity index is 629. The Morgan fingerprint density at radius 3 is 2.80 bits per heavy atom. The topological polar surface area (TPSA) is 80.9 Å². The second-order valence-electron chi connectivity index (χ2n) is 3.01. The first-order valence-corrected chi connectivity index (χ1v) is 4.64. The third-order valence-electron chi connectivity index (χ3n) is 2.15. The molecule has 5 nitrogen and oxygen atoms in total. The van der Waals surface area contributed by atoms with Crippen molar-refractivity contribution in [3.63, 3.8) is 0 Å². The van der Waals surface area contributed by atoms with E-state index in [4.69, 9.17) is 17.3 Å². The van der Waals surface area contributed by atoms with Gasteiger partial charge in [0.25, 0.3) is 5.56 Å². The van der Waals surface area contributed by atoms with Crippen molar-refractivity contribution in [2.75, 3.05) is 0 Å². The van der Waals surface area contributed by atoms with Crippen LogP contribution in [0.2, 0.25) is 5.02 Å². The van der Waals surface area contributed by atoms with E-state index in [0.29, 0.717) is 15.9 Å². The number of hydrogen-bond donors (Lipinski definition) is 2. The lowest BCUT2D eigenvalue weighted by Crippen LogP contribution is -2.37. The molecule has 1 heterocycles. The van der Waals surface area contributed by atoms with Crippen LogP contribution in [0.3, 0.4) is 0 Å². The van der Waals surface area contributed by atoms with E-state index in [-0.39, 0.29) is 6.67 Å². The third-order valence-corrected chi connectivity index (χ3v) is 2.46. The number of para-hydroxylation sites is 1. The summed E-state index contributed by atoms with van der Waals surface area (Å²) in [5.41, 5.74) is 4.65. The fourth-order valence-corrected chi connectivity index (χ4v) is 1.63. The fourth-order valence-electron chi connectivity index (χ4n) is 1.41. The molecule has 0 spiro atoms. The first-order chi connectivity index (χ1) is 7.15. The standard InChI is InChI=1S/C9H8ClN3O2/c10-6-3-1-2-5-7(6)12-9(15)13(4-11)8(5)14/h1-3H,4,11H2,(H,12,15). The predicted molar refractivity (Wildman–Crippen MR) is 58.0 cm³/mol. The van der Waals surface area contributed by atoms with Gasteiger partial charge in [-0.05, 0) is 12.1 Å². The molecular weight excluding hydrogens is 218 g/mol. The van der Waals surface area contributed by atoms with Gasteiger partial charge in [0.15, 0.2) is 0 Å². The molecule has 2 rings (SSSR count). The van der Waals surface area contributed by atoms with Gasteiger partial charge < -0.3 is 10.7 Å². The summed E-state index contributed by atoms with van der Waals surface area (Å²) in [6.07, 6.45) is 0. The molecule has 15 heavy (non-hydrogen) atoms. The minimum Gasteiger partial charge on any atom is -0.313 e. The average molecular weight is 226 g/mol. The van der Waals surface area contributed by atoms with Crippen LogP contribution in [0.1, 0.15) is 0 Å². The highest BCUT2D eigenvalue weighted by Crippen LogP contribution is 2.16. The van der Waals surface area contributed by atoms with Gasteiger partial charge in [0.05, 0.1) is 22.6 Å². The number of fused-ring (bicyclic) bond motifs is 1. The second-order valence-corrected chi connectivity index (χ2v) is 3.42. The van der Waals surface area contributed by atoms with E-state index in [1.165, 1.54) is 0 Å². The normalized spacial score (nSPS) is 10.8. The zero-order valence-corrected chi connectivity index (χ0v) is 8.41. The molecule has 0 bridgehead atoms. The lowest BCUT2D eigenvalue weighted by molar-refractivity contribution is 0.661. The molecule has 0 unspecified atom stereocenters. The number of nitrogens with two attached hydrogens (primary N) is 1. The largest absolute Gasteiger partial charge is 0.329 e. The summed E-state index contributed by atoms with van der Waals surface area (Å²) in [4.78, 5) is 25.7. The third kappa shape index (κ3) is 1.45. The quantitative estimate of drug-likeness (QED) is 0.731. The van der Waals surface area contributed by atoms with Crippen molar-refractivity contribution in [2.24, 2.45) is 5.73 Å². The van der Waals surface area contributed by atoms with Gasteiger partial charge in [-0.25, -0.2) is 9.36 Å². The predicted octanol–water partition coefficient (Wildman–Crippen LogP) is 0.259. The molecule has 78 valence electrons. The van der Waals surface area contributed by atoms with E-state index in [1.54, 1.807) is 18.2 Å². The Labute approximate surface area is 89.1 Å². The molecule has 0 aliphatic carbocycles. The molecule has 1 aromatic heterocycles. The van der Waals surface area contributed by atoms with E-state index in [9.17, 15) is 9.59 Å². The average Bonchev–Trinajstić information content (AvgIpc) is 2.20. The van der Waals surface area contributed by atoms with E-state index in [0.717, 1.165) is 4.57 Å². The van der Waals surface area contributed by atoms with Gasteiger partial charge in [0, 0.05) is 0 Å². The van der Waals surface area contributed by atoms with E-state index in [2.05, 4.69) is 4.98 Å². The van der Waals surface area contributed by atoms with Gasteiger partial charge in [-0.3, -0.25) is 4.79 Å². The Hall–Kier alpha value is -1.59. The number of benzene rings is 1. The van der Waals surface area contributed by atoms with Crippen LogP contribution >= 0.6 is 11.6 Å². The molecule has 0 saturated heterocycles. The van der Waals surface area contributed by atoms with Crippen molar-refractivity contribution < 1.29 is 0 Å². The number of rotatable bonds is 1. The highest BCUT2D eigenvalue weighted by Gasteiger charge is 2.07. The van der Waals surface area contributed by atoms with Crippen molar-refractivity contribution in [3.05, 3.63) is 44.1 Å². The van der Waals surface area contributed by atoms with Crippen molar-refractivity contribution in [3.8, 4) is 0 Å². The highest BCUT2D eigenvalue weighted by molar-refractivity contribution is 6.34. The van der Waals surface area contributed by atoms with Crippen LogP contribution in [0, 0.1) is 0 Å². The number of nitrogens with one attached hydrogen (secondary N) is 1. The summed E-state index contributed by atoms with van der Waals surface area (Å²) in [7, 11) is 0. The number of H-pyrrole nitrogens is 1. The summed E-state index contributed by atoms with van der Waals surface area (Å²) >= 11 is 5.85. The number of halogens is 1. The Morgan fingerprint density at radius 2 is 2.13 bits per heavy atom. The van der Waals surface area contributed by atoms with E-state index < -0.39 is 11.2 Å². The van der Waals surface area contributed by atoms with Gasteiger partial charge in [0.1, 0.15) is 0 Å². The molecule has 6 heteroatoms. The molecule has 0 amide bonds. The SMILES string of the molecule is NCn1c(=O)[nH]c2c(Cl)cccc2c1=O. The lowest BCUT2D eigenvalue weighted by Gasteiger charge is -2.03. The molecule has 0 atom stereocenters. The number of aromatic amines is 1.